The number of Topliss-reactive ketones (excluding diaryl/α,β-unsaturated/α-hetero) is 2. The van der Waals surface area contributed by atoms with Crippen LogP contribution in [0.2, 0.25) is 0 Å². The molecule has 0 fully saturated rings. The molecule has 0 rings (SSSR count). The molecular weight excluding hydrogens is 306 g/mol. The molecule has 0 saturated carbocycles. The van der Waals surface area contributed by atoms with E-state index in [0.29, 0.717) is 10.8 Å². The molecule has 0 amide bonds. The lowest BCUT2D eigenvalue weighted by Gasteiger charge is -2.29. The van der Waals surface area contributed by atoms with Gasteiger partial charge in [-0.3, -0.25) is 14.4 Å². The summed E-state index contributed by atoms with van der Waals surface area (Å²) in [7, 11) is 5.42. The van der Waals surface area contributed by atoms with Crippen molar-refractivity contribution in [2.24, 2.45) is 5.92 Å². The van der Waals surface area contributed by atoms with Crippen molar-refractivity contribution in [1.29, 1.82) is 0 Å². The highest BCUT2D eigenvalue weighted by Gasteiger charge is 2.27. The van der Waals surface area contributed by atoms with E-state index in [9.17, 15) is 29.1 Å². The van der Waals surface area contributed by atoms with Crippen molar-refractivity contribution in [2.45, 2.75) is 32.3 Å². The molecule has 8 nitrogen and oxygen atoms in total. The number of hydrogen-bond acceptors (Lipinski definition) is 7. The summed E-state index contributed by atoms with van der Waals surface area (Å²) in [6, 6.07) is 0. The summed E-state index contributed by atoms with van der Waals surface area (Å²) < 4.78 is 5.50. The number of nitrogens with zero attached hydrogens (tertiary/aromatic N) is 1. The van der Waals surface area contributed by atoms with E-state index < -0.39 is 48.4 Å². The van der Waals surface area contributed by atoms with Crippen LogP contribution in [-0.2, 0) is 28.7 Å². The molecule has 8 heteroatoms. The maximum Gasteiger partial charge on any atom is 0.309 e. The number of ketones is 2. The van der Waals surface area contributed by atoms with Crippen LogP contribution in [0.15, 0.2) is 0 Å². The first-order valence-corrected chi connectivity index (χ1v) is 7.16. The summed E-state index contributed by atoms with van der Waals surface area (Å²) in [6.07, 6.45) is -1.92. The first-order chi connectivity index (χ1) is 10.5. The van der Waals surface area contributed by atoms with E-state index >= 15 is 0 Å². The second-order valence-corrected chi connectivity index (χ2v) is 6.43. The summed E-state index contributed by atoms with van der Waals surface area (Å²) >= 11 is 0. The predicted molar refractivity (Wildman–Crippen MR) is 76.9 cm³/mol. The molecule has 0 saturated heterocycles. The molecule has 0 N–H and O–H groups in total. The molecule has 2 unspecified atom stereocenters. The van der Waals surface area contributed by atoms with Gasteiger partial charge in [0.25, 0.3) is 0 Å². The smallest absolute Gasteiger partial charge is 0.309 e. The van der Waals surface area contributed by atoms with Crippen LogP contribution in [0.5, 0.6) is 0 Å². The molecule has 0 aliphatic heterocycles. The number of quaternary nitrogens is 1. The Hall–Kier alpha value is -2.09. The highest BCUT2D eigenvalue weighted by molar-refractivity contribution is 6.39. The number of ether oxygens (including phenoxy) is 1. The van der Waals surface area contributed by atoms with E-state index in [1.54, 1.807) is 21.1 Å². The van der Waals surface area contributed by atoms with Crippen molar-refractivity contribution in [3.63, 3.8) is 0 Å². The molecule has 0 spiro atoms. The third kappa shape index (κ3) is 9.51. The summed E-state index contributed by atoms with van der Waals surface area (Å²) in [5, 5.41) is 10.7. The number of carbonyl (C=O) groups excluding carboxylic acids is 5. The average molecular weight is 329 g/mol. The van der Waals surface area contributed by atoms with Crippen molar-refractivity contribution in [1.82, 2.24) is 0 Å². The topological polar surface area (TPSA) is 118 Å². The maximum atomic E-state index is 12.0. The number of aldehydes is 1. The van der Waals surface area contributed by atoms with Crippen LogP contribution in [-0.4, -0.2) is 68.1 Å². The number of carboxylic acids is 1. The number of carboxylic acid groups (broad SMARTS) is 1. The Labute approximate surface area is 135 Å². The second-order valence-electron chi connectivity index (χ2n) is 6.43. The van der Waals surface area contributed by atoms with Gasteiger partial charge >= 0.3 is 5.97 Å². The zero-order valence-electron chi connectivity index (χ0n) is 13.9. The fourth-order valence-corrected chi connectivity index (χ4v) is 1.89. The molecule has 0 bridgehead atoms. The van der Waals surface area contributed by atoms with E-state index in [4.69, 9.17) is 4.74 Å². The number of likely N-dealkylation sites (N-methyl/N-ethyl adjacent to an activating group) is 1. The van der Waals surface area contributed by atoms with Crippen LogP contribution in [0.1, 0.15) is 26.2 Å². The lowest BCUT2D eigenvalue weighted by molar-refractivity contribution is -0.873. The standard InChI is InChI=1S/C15H23NO7/c1-10(7-13(19)12(18)5-6-17)15(22)23-11(8-14(20)21)9-16(2,3)4/h6,10-11H,5,7-9H2,1-4H3. The normalized spacial score (nSPS) is 13.7. The van der Waals surface area contributed by atoms with E-state index in [0.717, 1.165) is 0 Å². The highest BCUT2D eigenvalue weighted by atomic mass is 16.5. The monoisotopic (exact) mass is 329 g/mol. The summed E-state index contributed by atoms with van der Waals surface area (Å²) in [5.74, 6) is -4.71. The number of aliphatic carboxylic acids is 1. The van der Waals surface area contributed by atoms with Crippen LogP contribution in [0, 0.1) is 5.92 Å². The van der Waals surface area contributed by atoms with Crippen molar-refractivity contribution in [3.8, 4) is 0 Å². The van der Waals surface area contributed by atoms with Gasteiger partial charge in [0.15, 0.2) is 11.9 Å². The first kappa shape index (κ1) is 20.9. The largest absolute Gasteiger partial charge is 0.550 e. The minimum absolute atomic E-state index is 0.254. The van der Waals surface area contributed by atoms with Gasteiger partial charge in [0.1, 0.15) is 12.8 Å². The van der Waals surface area contributed by atoms with Crippen LogP contribution in [0.4, 0.5) is 0 Å². The van der Waals surface area contributed by atoms with Crippen LogP contribution >= 0.6 is 0 Å². The maximum absolute atomic E-state index is 12.0. The lowest BCUT2D eigenvalue weighted by Crippen LogP contribution is -2.45. The molecule has 23 heavy (non-hydrogen) atoms. The number of esters is 1. The molecular formula is C15H23NO7. The van der Waals surface area contributed by atoms with Crippen molar-refractivity contribution >= 4 is 29.8 Å². The Morgan fingerprint density at radius 3 is 2.09 bits per heavy atom. The van der Waals surface area contributed by atoms with E-state index in [-0.39, 0.29) is 13.0 Å². The highest BCUT2D eigenvalue weighted by Crippen LogP contribution is 2.12. The van der Waals surface area contributed by atoms with Gasteiger partial charge in [-0.15, -0.1) is 0 Å². The summed E-state index contributed by atoms with van der Waals surface area (Å²) in [5.41, 5.74) is 0. The molecule has 0 heterocycles. The fraction of sp³-hybridized carbons (Fsp3) is 0.667. The van der Waals surface area contributed by atoms with Crippen molar-refractivity contribution in [3.05, 3.63) is 0 Å². The van der Waals surface area contributed by atoms with Gasteiger partial charge in [0, 0.05) is 18.8 Å². The number of rotatable bonds is 11. The van der Waals surface area contributed by atoms with Crippen LogP contribution in [0.25, 0.3) is 0 Å². The van der Waals surface area contributed by atoms with E-state index in [1.165, 1.54) is 6.92 Å². The van der Waals surface area contributed by atoms with Gasteiger partial charge in [0.05, 0.1) is 33.5 Å². The Kier molecular flexibility index (Phi) is 8.31. The van der Waals surface area contributed by atoms with Crippen molar-refractivity contribution in [2.75, 3.05) is 27.7 Å². The second kappa shape index (κ2) is 9.14. The molecule has 130 valence electrons. The molecule has 2 atom stereocenters. The van der Waals surface area contributed by atoms with Gasteiger partial charge in [-0.25, -0.2) is 0 Å². The summed E-state index contributed by atoms with van der Waals surface area (Å²) in [4.78, 5) is 55.7. The van der Waals surface area contributed by atoms with Gasteiger partial charge in [-0.05, 0) is 0 Å². The van der Waals surface area contributed by atoms with E-state index in [1.807, 2.05) is 0 Å². The lowest BCUT2D eigenvalue weighted by atomic mass is 10.0. The summed E-state index contributed by atoms with van der Waals surface area (Å²) in [6.45, 7) is 1.65. The molecule has 0 radical (unpaired) electrons. The van der Waals surface area contributed by atoms with Crippen molar-refractivity contribution < 1.29 is 38.3 Å². The molecule has 0 aliphatic rings. The third-order valence-corrected chi connectivity index (χ3v) is 2.90. The molecule has 0 aliphatic carbocycles. The zero-order valence-corrected chi connectivity index (χ0v) is 13.9. The molecule has 0 aromatic carbocycles. The van der Waals surface area contributed by atoms with Gasteiger partial charge in [0.2, 0.25) is 5.78 Å². The van der Waals surface area contributed by atoms with E-state index in [2.05, 4.69) is 0 Å². The Balaban J connectivity index is 4.71. The third-order valence-electron chi connectivity index (χ3n) is 2.90. The molecule has 0 aromatic rings. The minimum atomic E-state index is -1.35. The Morgan fingerprint density at radius 1 is 1.09 bits per heavy atom. The Morgan fingerprint density at radius 2 is 1.65 bits per heavy atom. The predicted octanol–water partition coefficient (Wildman–Crippen LogP) is -1.50. The minimum Gasteiger partial charge on any atom is -0.550 e. The Bertz CT molecular complexity index is 479. The first-order valence-electron chi connectivity index (χ1n) is 7.16. The quantitative estimate of drug-likeness (QED) is 0.149. The van der Waals surface area contributed by atoms with Crippen LogP contribution in [0.3, 0.4) is 0 Å². The van der Waals surface area contributed by atoms with Gasteiger partial charge < -0.3 is 23.9 Å². The zero-order chi connectivity index (χ0) is 18.2. The SMILES string of the molecule is CC(CC(=O)C(=O)CC=O)C(=O)OC(CC(=O)[O-])C[N+](C)(C)C. The number of hydrogen-bond donors (Lipinski definition) is 0. The van der Waals surface area contributed by atoms with Crippen LogP contribution < -0.4 is 5.11 Å². The van der Waals surface area contributed by atoms with Gasteiger partial charge in [-0.1, -0.05) is 6.92 Å². The fourth-order valence-electron chi connectivity index (χ4n) is 1.89. The average Bonchev–Trinajstić information content (AvgIpc) is 2.35. The molecule has 0 aromatic heterocycles. The van der Waals surface area contributed by atoms with Gasteiger partial charge in [-0.2, -0.15) is 0 Å². The number of carbonyl (C=O) groups is 5.